The van der Waals surface area contributed by atoms with E-state index in [1.54, 1.807) is 6.07 Å². The Kier molecular flexibility index (Phi) is 4.73. The van der Waals surface area contributed by atoms with Gasteiger partial charge >= 0.3 is 6.09 Å². The summed E-state index contributed by atoms with van der Waals surface area (Å²) in [6.45, 7) is 6.97. The Bertz CT molecular complexity index is 956. The van der Waals surface area contributed by atoms with Crippen LogP contribution in [0, 0.1) is 0 Å². The number of hydrogen-bond acceptors (Lipinski definition) is 7. The lowest BCUT2D eigenvalue weighted by atomic mass is 10.2. The Morgan fingerprint density at radius 1 is 1.21 bits per heavy atom. The van der Waals surface area contributed by atoms with Gasteiger partial charge in [0.05, 0.1) is 17.6 Å². The SMILES string of the molecule is CSc1nc(N2C[C@H]3CC[C@@H](C2)N3C(=O)OC(C)(C)C)c2[nH]c(=O)ccc2n1. The minimum absolute atomic E-state index is 0.0757. The summed E-state index contributed by atoms with van der Waals surface area (Å²) < 4.78 is 5.61. The molecule has 150 valence electrons. The molecular formula is C19H25N5O3S. The second kappa shape index (κ2) is 6.95. The fraction of sp³-hybridized carbons (Fsp3) is 0.579. The number of piperazine rings is 1. The largest absolute Gasteiger partial charge is 0.444 e. The van der Waals surface area contributed by atoms with Gasteiger partial charge in [-0.3, -0.25) is 9.69 Å². The molecule has 4 rings (SSSR count). The fourth-order valence-corrected chi connectivity index (χ4v) is 4.38. The van der Waals surface area contributed by atoms with Gasteiger partial charge in [0.15, 0.2) is 11.0 Å². The number of nitrogens with one attached hydrogen (secondary N) is 1. The number of carbonyl (C=O) groups excluding carboxylic acids is 1. The second-order valence-corrected chi connectivity index (χ2v) is 9.07. The van der Waals surface area contributed by atoms with Gasteiger partial charge in [0.2, 0.25) is 5.56 Å². The first-order chi connectivity index (χ1) is 13.2. The lowest BCUT2D eigenvalue weighted by Crippen LogP contribution is -2.57. The molecule has 1 N–H and O–H groups in total. The van der Waals surface area contributed by atoms with Crippen LogP contribution in [0.5, 0.6) is 0 Å². The number of aromatic amines is 1. The number of fused-ring (bicyclic) bond motifs is 3. The number of anilines is 1. The number of hydrogen-bond donors (Lipinski definition) is 1. The number of carbonyl (C=O) groups is 1. The summed E-state index contributed by atoms with van der Waals surface area (Å²) in [5.41, 5.74) is 0.680. The lowest BCUT2D eigenvalue weighted by Gasteiger charge is -2.41. The summed E-state index contributed by atoms with van der Waals surface area (Å²) in [6, 6.07) is 3.36. The first-order valence-corrected chi connectivity index (χ1v) is 10.7. The van der Waals surface area contributed by atoms with Crippen molar-refractivity contribution in [2.75, 3.05) is 24.2 Å². The Hall–Kier alpha value is -2.29. The highest BCUT2D eigenvalue weighted by molar-refractivity contribution is 7.98. The van der Waals surface area contributed by atoms with Crippen molar-refractivity contribution in [2.45, 2.75) is 56.5 Å². The zero-order valence-electron chi connectivity index (χ0n) is 16.6. The third-order valence-electron chi connectivity index (χ3n) is 5.11. The predicted octanol–water partition coefficient (Wildman–Crippen LogP) is 2.63. The third kappa shape index (κ3) is 3.55. The van der Waals surface area contributed by atoms with Crippen LogP contribution in [-0.4, -0.2) is 63.0 Å². The topological polar surface area (TPSA) is 91.4 Å². The summed E-state index contributed by atoms with van der Waals surface area (Å²) in [6.07, 6.45) is 3.57. The van der Waals surface area contributed by atoms with E-state index in [0.717, 1.165) is 24.2 Å². The number of H-pyrrole nitrogens is 1. The average molecular weight is 404 g/mol. The van der Waals surface area contributed by atoms with E-state index in [1.165, 1.54) is 17.8 Å². The predicted molar refractivity (Wildman–Crippen MR) is 109 cm³/mol. The molecule has 2 aliphatic rings. The van der Waals surface area contributed by atoms with Crippen LogP contribution < -0.4 is 10.5 Å². The molecule has 0 aliphatic carbocycles. The van der Waals surface area contributed by atoms with E-state index in [0.29, 0.717) is 23.8 Å². The standard InChI is InChI=1S/C19H25N5O3S/c1-19(2,3)27-18(26)24-11-5-6-12(24)10-23(9-11)16-15-13(7-8-14(25)21-15)20-17(22-16)28-4/h7-8,11-12H,5-6,9-10H2,1-4H3,(H,21,25)/t11-,12+. The molecule has 28 heavy (non-hydrogen) atoms. The van der Waals surface area contributed by atoms with Crippen LogP contribution in [0.3, 0.4) is 0 Å². The fourth-order valence-electron chi connectivity index (χ4n) is 4.01. The molecule has 2 bridgehead atoms. The Labute approximate surface area is 167 Å². The smallest absolute Gasteiger partial charge is 0.410 e. The molecule has 2 aromatic rings. The van der Waals surface area contributed by atoms with Crippen molar-refractivity contribution in [1.82, 2.24) is 19.9 Å². The van der Waals surface area contributed by atoms with E-state index in [-0.39, 0.29) is 23.7 Å². The second-order valence-electron chi connectivity index (χ2n) is 8.29. The average Bonchev–Trinajstić information content (AvgIpc) is 2.89. The van der Waals surface area contributed by atoms with E-state index in [4.69, 9.17) is 4.74 Å². The molecule has 2 saturated heterocycles. The van der Waals surface area contributed by atoms with E-state index in [9.17, 15) is 9.59 Å². The first kappa shape index (κ1) is 19.0. The Balaban J connectivity index is 1.66. The molecular weight excluding hydrogens is 378 g/mol. The summed E-state index contributed by atoms with van der Waals surface area (Å²) >= 11 is 1.47. The van der Waals surface area contributed by atoms with Crippen molar-refractivity contribution in [2.24, 2.45) is 0 Å². The van der Waals surface area contributed by atoms with E-state index in [2.05, 4.69) is 19.9 Å². The summed E-state index contributed by atoms with van der Waals surface area (Å²) in [5.74, 6) is 0.729. The van der Waals surface area contributed by atoms with Crippen LogP contribution in [0.4, 0.5) is 10.6 Å². The molecule has 9 heteroatoms. The van der Waals surface area contributed by atoms with Crippen molar-refractivity contribution in [3.05, 3.63) is 22.5 Å². The van der Waals surface area contributed by atoms with Gasteiger partial charge in [-0.05, 0) is 45.9 Å². The first-order valence-electron chi connectivity index (χ1n) is 9.46. The quantitative estimate of drug-likeness (QED) is 0.609. The maximum atomic E-state index is 12.7. The zero-order valence-corrected chi connectivity index (χ0v) is 17.4. The highest BCUT2D eigenvalue weighted by Gasteiger charge is 2.45. The number of aromatic nitrogens is 3. The summed E-state index contributed by atoms with van der Waals surface area (Å²) in [4.78, 5) is 40.7. The third-order valence-corrected chi connectivity index (χ3v) is 5.65. The van der Waals surface area contributed by atoms with Crippen LogP contribution in [-0.2, 0) is 4.74 Å². The van der Waals surface area contributed by atoms with Gasteiger partial charge in [-0.25, -0.2) is 14.8 Å². The van der Waals surface area contributed by atoms with Crippen molar-refractivity contribution in [3.8, 4) is 0 Å². The number of nitrogens with zero attached hydrogens (tertiary/aromatic N) is 4. The van der Waals surface area contributed by atoms with Crippen molar-refractivity contribution in [3.63, 3.8) is 0 Å². The molecule has 0 spiro atoms. The van der Waals surface area contributed by atoms with Gasteiger partial charge in [0.1, 0.15) is 11.1 Å². The molecule has 0 aromatic carbocycles. The van der Waals surface area contributed by atoms with E-state index in [1.807, 2.05) is 31.9 Å². The Morgan fingerprint density at radius 2 is 1.89 bits per heavy atom. The summed E-state index contributed by atoms with van der Waals surface area (Å²) in [7, 11) is 0. The molecule has 2 aliphatic heterocycles. The molecule has 0 saturated carbocycles. The van der Waals surface area contributed by atoms with Gasteiger partial charge in [-0.15, -0.1) is 0 Å². The molecule has 4 heterocycles. The van der Waals surface area contributed by atoms with Crippen LogP contribution >= 0.6 is 11.8 Å². The Morgan fingerprint density at radius 3 is 2.50 bits per heavy atom. The number of ether oxygens (including phenoxy) is 1. The molecule has 2 aromatic heterocycles. The van der Waals surface area contributed by atoms with Gasteiger partial charge < -0.3 is 14.6 Å². The van der Waals surface area contributed by atoms with Gasteiger partial charge in [-0.2, -0.15) is 0 Å². The number of amides is 1. The summed E-state index contributed by atoms with van der Waals surface area (Å²) in [5, 5.41) is 0.663. The molecule has 0 radical (unpaired) electrons. The van der Waals surface area contributed by atoms with Crippen LogP contribution in [0.1, 0.15) is 33.6 Å². The highest BCUT2D eigenvalue weighted by atomic mass is 32.2. The maximum Gasteiger partial charge on any atom is 0.410 e. The molecule has 1 amide bonds. The van der Waals surface area contributed by atoms with Gasteiger partial charge in [0.25, 0.3) is 0 Å². The van der Waals surface area contributed by atoms with Gasteiger partial charge in [0, 0.05) is 19.2 Å². The van der Waals surface area contributed by atoms with Crippen molar-refractivity contribution >= 4 is 34.7 Å². The molecule has 2 atom stereocenters. The van der Waals surface area contributed by atoms with Crippen molar-refractivity contribution < 1.29 is 9.53 Å². The molecule has 0 unspecified atom stereocenters. The molecule has 8 nitrogen and oxygen atoms in total. The van der Waals surface area contributed by atoms with Crippen LogP contribution in [0.25, 0.3) is 11.0 Å². The number of pyridine rings is 1. The minimum Gasteiger partial charge on any atom is -0.444 e. The normalized spacial score (nSPS) is 22.0. The van der Waals surface area contributed by atoms with E-state index < -0.39 is 5.60 Å². The zero-order chi connectivity index (χ0) is 20.1. The van der Waals surface area contributed by atoms with E-state index >= 15 is 0 Å². The van der Waals surface area contributed by atoms with Gasteiger partial charge in [-0.1, -0.05) is 11.8 Å². The van der Waals surface area contributed by atoms with Crippen molar-refractivity contribution in [1.29, 1.82) is 0 Å². The maximum absolute atomic E-state index is 12.7. The number of thioether (sulfide) groups is 1. The van der Waals surface area contributed by atoms with Crippen LogP contribution in [0.2, 0.25) is 0 Å². The highest BCUT2D eigenvalue weighted by Crippen LogP contribution is 2.35. The van der Waals surface area contributed by atoms with Crippen LogP contribution in [0.15, 0.2) is 22.1 Å². The monoisotopic (exact) mass is 403 g/mol. The lowest BCUT2D eigenvalue weighted by molar-refractivity contribution is 0.0123. The molecule has 2 fully saturated rings. The number of rotatable bonds is 2. The minimum atomic E-state index is -0.511.